The zero-order chi connectivity index (χ0) is 9.68. The van der Waals surface area contributed by atoms with Crippen LogP contribution in [0.5, 0.6) is 0 Å². The zero-order valence-electron chi connectivity index (χ0n) is 8.42. The van der Waals surface area contributed by atoms with Crippen molar-refractivity contribution in [3.8, 4) is 0 Å². The third kappa shape index (κ3) is 3.09. The molecule has 0 aromatic heterocycles. The Hall–Kier alpha value is -0.990. The molecule has 74 valence electrons. The van der Waals surface area contributed by atoms with Gasteiger partial charge in [0.05, 0.1) is 0 Å². The number of hydrogen-bond acceptors (Lipinski definition) is 1. The van der Waals surface area contributed by atoms with E-state index >= 15 is 0 Å². The number of amides is 2. The average Bonchev–Trinajstić information content (AvgIpc) is 2.52. The first-order chi connectivity index (χ1) is 6.24. The van der Waals surface area contributed by atoms with Gasteiger partial charge in [-0.2, -0.15) is 0 Å². The van der Waals surface area contributed by atoms with Crippen molar-refractivity contribution < 1.29 is 4.79 Å². The Morgan fingerprint density at radius 3 is 3.00 bits per heavy atom. The summed E-state index contributed by atoms with van der Waals surface area (Å²) in [7, 11) is 0. The molecule has 1 N–H and O–H groups in total. The molecule has 0 radical (unpaired) electrons. The van der Waals surface area contributed by atoms with Gasteiger partial charge in [-0.1, -0.05) is 19.1 Å². The summed E-state index contributed by atoms with van der Waals surface area (Å²) in [6.45, 7) is 6.58. The Bertz CT molecular complexity index is 201. The number of rotatable bonds is 2. The van der Waals surface area contributed by atoms with Crippen molar-refractivity contribution in [2.45, 2.75) is 20.3 Å². The predicted molar refractivity (Wildman–Crippen MR) is 53.6 cm³/mol. The first-order valence-corrected chi connectivity index (χ1v) is 4.88. The number of allylic oxidation sites excluding steroid dienone is 1. The van der Waals surface area contributed by atoms with E-state index in [1.807, 2.05) is 24.0 Å². The smallest absolute Gasteiger partial charge is 0.317 e. The highest BCUT2D eigenvalue weighted by atomic mass is 16.2. The topological polar surface area (TPSA) is 32.3 Å². The predicted octanol–water partition coefficient (Wildman–Crippen LogP) is 1.61. The second kappa shape index (κ2) is 4.90. The summed E-state index contributed by atoms with van der Waals surface area (Å²) in [5.41, 5.74) is 0. The molecule has 13 heavy (non-hydrogen) atoms. The standard InChI is InChI=1S/C10H18N2O/c1-3-4-6-11-10(13)12-7-5-9(2)8-12/h3-4,9H,5-8H2,1-2H3,(H,11,13)/b4-3+. The summed E-state index contributed by atoms with van der Waals surface area (Å²) in [6.07, 6.45) is 5.02. The fraction of sp³-hybridized carbons (Fsp3) is 0.700. The third-order valence-electron chi connectivity index (χ3n) is 2.32. The van der Waals surface area contributed by atoms with Crippen LogP contribution in [-0.2, 0) is 0 Å². The van der Waals surface area contributed by atoms with Crippen molar-refractivity contribution in [1.29, 1.82) is 0 Å². The van der Waals surface area contributed by atoms with E-state index in [-0.39, 0.29) is 6.03 Å². The van der Waals surface area contributed by atoms with E-state index in [2.05, 4.69) is 12.2 Å². The van der Waals surface area contributed by atoms with E-state index in [4.69, 9.17) is 0 Å². The van der Waals surface area contributed by atoms with Crippen LogP contribution in [0.1, 0.15) is 20.3 Å². The van der Waals surface area contributed by atoms with Gasteiger partial charge in [0, 0.05) is 19.6 Å². The SMILES string of the molecule is C/C=C/CNC(=O)N1CCC(C)C1. The molecule has 1 unspecified atom stereocenters. The highest BCUT2D eigenvalue weighted by Crippen LogP contribution is 2.14. The Kier molecular flexibility index (Phi) is 3.80. The van der Waals surface area contributed by atoms with Crippen molar-refractivity contribution in [2.75, 3.05) is 19.6 Å². The van der Waals surface area contributed by atoms with Gasteiger partial charge in [-0.05, 0) is 19.3 Å². The number of carbonyl (C=O) groups is 1. The molecule has 3 heteroatoms. The van der Waals surface area contributed by atoms with Gasteiger partial charge in [-0.15, -0.1) is 0 Å². The molecule has 1 aliphatic heterocycles. The van der Waals surface area contributed by atoms with Crippen LogP contribution in [0.3, 0.4) is 0 Å². The zero-order valence-corrected chi connectivity index (χ0v) is 8.42. The van der Waals surface area contributed by atoms with Crippen LogP contribution in [0.15, 0.2) is 12.2 Å². The van der Waals surface area contributed by atoms with Crippen LogP contribution in [0.25, 0.3) is 0 Å². The second-order valence-electron chi connectivity index (χ2n) is 3.59. The van der Waals surface area contributed by atoms with Gasteiger partial charge in [0.2, 0.25) is 0 Å². The maximum atomic E-state index is 11.4. The lowest BCUT2D eigenvalue weighted by Gasteiger charge is -2.15. The number of nitrogens with zero attached hydrogens (tertiary/aromatic N) is 1. The summed E-state index contributed by atoms with van der Waals surface area (Å²) in [6, 6.07) is 0.0717. The largest absolute Gasteiger partial charge is 0.335 e. The highest BCUT2D eigenvalue weighted by Gasteiger charge is 2.22. The number of likely N-dealkylation sites (tertiary alicyclic amines) is 1. The van der Waals surface area contributed by atoms with Gasteiger partial charge in [-0.3, -0.25) is 0 Å². The molecule has 0 spiro atoms. The molecule has 1 saturated heterocycles. The van der Waals surface area contributed by atoms with Crippen molar-refractivity contribution in [1.82, 2.24) is 10.2 Å². The quantitative estimate of drug-likeness (QED) is 0.646. The second-order valence-corrected chi connectivity index (χ2v) is 3.59. The van der Waals surface area contributed by atoms with Gasteiger partial charge in [0.15, 0.2) is 0 Å². The summed E-state index contributed by atoms with van der Waals surface area (Å²) < 4.78 is 0. The highest BCUT2D eigenvalue weighted by molar-refractivity contribution is 5.74. The van der Waals surface area contributed by atoms with Gasteiger partial charge in [0.25, 0.3) is 0 Å². The van der Waals surface area contributed by atoms with Gasteiger partial charge in [-0.25, -0.2) is 4.79 Å². The maximum Gasteiger partial charge on any atom is 0.317 e. The van der Waals surface area contributed by atoms with Crippen LogP contribution in [-0.4, -0.2) is 30.6 Å². The van der Waals surface area contributed by atoms with E-state index in [1.165, 1.54) is 0 Å². The molecule has 0 aliphatic carbocycles. The molecule has 2 amide bonds. The van der Waals surface area contributed by atoms with Crippen molar-refractivity contribution in [3.05, 3.63) is 12.2 Å². The monoisotopic (exact) mass is 182 g/mol. The molecule has 1 rings (SSSR count). The Morgan fingerprint density at radius 1 is 1.69 bits per heavy atom. The Labute approximate surface area is 79.8 Å². The molecule has 1 aliphatic rings. The lowest BCUT2D eigenvalue weighted by Crippen LogP contribution is -2.38. The third-order valence-corrected chi connectivity index (χ3v) is 2.32. The van der Waals surface area contributed by atoms with E-state index in [9.17, 15) is 4.79 Å². The number of nitrogens with one attached hydrogen (secondary N) is 1. The van der Waals surface area contributed by atoms with E-state index in [0.29, 0.717) is 12.5 Å². The maximum absolute atomic E-state index is 11.4. The van der Waals surface area contributed by atoms with E-state index in [1.54, 1.807) is 0 Å². The normalized spacial score (nSPS) is 22.6. The molecular weight excluding hydrogens is 164 g/mol. The molecule has 1 atom stereocenters. The van der Waals surface area contributed by atoms with Crippen LogP contribution in [0.4, 0.5) is 4.79 Å². The molecule has 1 fully saturated rings. The molecule has 0 aromatic rings. The average molecular weight is 182 g/mol. The molecule has 3 nitrogen and oxygen atoms in total. The van der Waals surface area contributed by atoms with Crippen LogP contribution >= 0.6 is 0 Å². The minimum atomic E-state index is 0.0717. The van der Waals surface area contributed by atoms with Crippen molar-refractivity contribution in [3.63, 3.8) is 0 Å². The summed E-state index contributed by atoms with van der Waals surface area (Å²) in [5.74, 6) is 0.660. The van der Waals surface area contributed by atoms with E-state index in [0.717, 1.165) is 19.5 Å². The van der Waals surface area contributed by atoms with Crippen LogP contribution in [0, 0.1) is 5.92 Å². The van der Waals surface area contributed by atoms with Crippen LogP contribution in [0.2, 0.25) is 0 Å². The number of carbonyl (C=O) groups excluding carboxylic acids is 1. The number of urea groups is 1. The van der Waals surface area contributed by atoms with Gasteiger partial charge >= 0.3 is 6.03 Å². The molecule has 0 aromatic carbocycles. The fourth-order valence-electron chi connectivity index (χ4n) is 1.50. The first kappa shape index (κ1) is 10.1. The van der Waals surface area contributed by atoms with Crippen molar-refractivity contribution in [2.24, 2.45) is 5.92 Å². The van der Waals surface area contributed by atoms with E-state index < -0.39 is 0 Å². The first-order valence-electron chi connectivity index (χ1n) is 4.88. The van der Waals surface area contributed by atoms with Crippen molar-refractivity contribution >= 4 is 6.03 Å². The summed E-state index contributed by atoms with van der Waals surface area (Å²) in [5, 5.41) is 2.85. The summed E-state index contributed by atoms with van der Waals surface area (Å²) in [4.78, 5) is 13.3. The number of hydrogen-bond donors (Lipinski definition) is 1. The molecule has 0 bridgehead atoms. The minimum Gasteiger partial charge on any atom is -0.335 e. The lowest BCUT2D eigenvalue weighted by atomic mass is 10.2. The summed E-state index contributed by atoms with van der Waals surface area (Å²) >= 11 is 0. The van der Waals surface area contributed by atoms with Crippen LogP contribution < -0.4 is 5.32 Å². The molecular formula is C10H18N2O. The molecule has 1 heterocycles. The van der Waals surface area contributed by atoms with Gasteiger partial charge < -0.3 is 10.2 Å². The Morgan fingerprint density at radius 2 is 2.46 bits per heavy atom. The van der Waals surface area contributed by atoms with Gasteiger partial charge in [0.1, 0.15) is 0 Å². The lowest BCUT2D eigenvalue weighted by molar-refractivity contribution is 0.208. The molecule has 0 saturated carbocycles. The fourth-order valence-corrected chi connectivity index (χ4v) is 1.50. The minimum absolute atomic E-state index is 0.0717. The Balaban J connectivity index is 2.23.